The third-order valence-corrected chi connectivity index (χ3v) is 3.78. The number of anilines is 2. The van der Waals surface area contributed by atoms with Gasteiger partial charge < -0.3 is 10.6 Å². The maximum absolute atomic E-state index is 6.22. The molecular formula is C16H19Cl2N3. The number of pyridine rings is 1. The summed E-state index contributed by atoms with van der Waals surface area (Å²) in [5.41, 5.74) is 2.42. The smallest absolute Gasteiger partial charge is 0.147 e. The third-order valence-electron chi connectivity index (χ3n) is 3.20. The Morgan fingerprint density at radius 3 is 2.33 bits per heavy atom. The molecule has 0 bridgehead atoms. The number of benzene rings is 1. The second-order valence-electron chi connectivity index (χ2n) is 4.96. The highest BCUT2D eigenvalue weighted by Gasteiger charge is 2.12. The zero-order chi connectivity index (χ0) is 15.4. The lowest BCUT2D eigenvalue weighted by molar-refractivity contribution is 0.874. The molecule has 1 aromatic heterocycles. The first-order valence-corrected chi connectivity index (χ1v) is 7.70. The quantitative estimate of drug-likeness (QED) is 0.783. The summed E-state index contributed by atoms with van der Waals surface area (Å²) in [6, 6.07) is 10.2. The van der Waals surface area contributed by atoms with Crippen molar-refractivity contribution in [1.82, 2.24) is 4.98 Å². The summed E-state index contributed by atoms with van der Waals surface area (Å²) in [5, 5.41) is 7.49. The molecule has 0 fully saturated rings. The molecule has 0 radical (unpaired) electrons. The van der Waals surface area contributed by atoms with Gasteiger partial charge in [-0.3, -0.25) is 0 Å². The van der Waals surface area contributed by atoms with E-state index in [-0.39, 0.29) is 6.04 Å². The summed E-state index contributed by atoms with van der Waals surface area (Å²) in [4.78, 5) is 4.46. The van der Waals surface area contributed by atoms with Crippen LogP contribution in [-0.2, 0) is 0 Å². The van der Waals surface area contributed by atoms with Gasteiger partial charge in [-0.1, -0.05) is 53.0 Å². The Labute approximate surface area is 135 Å². The van der Waals surface area contributed by atoms with Gasteiger partial charge in [-0.05, 0) is 32.4 Å². The molecule has 0 aliphatic rings. The van der Waals surface area contributed by atoms with Crippen molar-refractivity contribution in [3.63, 3.8) is 0 Å². The highest BCUT2D eigenvalue weighted by Crippen LogP contribution is 2.31. The van der Waals surface area contributed by atoms with Crippen molar-refractivity contribution < 1.29 is 0 Å². The van der Waals surface area contributed by atoms with E-state index in [4.69, 9.17) is 23.2 Å². The van der Waals surface area contributed by atoms with Crippen LogP contribution in [0, 0.1) is 6.92 Å². The molecule has 0 amide bonds. The second kappa shape index (κ2) is 7.01. The fourth-order valence-electron chi connectivity index (χ4n) is 2.00. The predicted molar refractivity (Wildman–Crippen MR) is 91.6 cm³/mol. The first kappa shape index (κ1) is 15.9. The van der Waals surface area contributed by atoms with E-state index in [1.807, 2.05) is 6.92 Å². The zero-order valence-electron chi connectivity index (χ0n) is 12.4. The zero-order valence-corrected chi connectivity index (χ0v) is 13.9. The Hall–Kier alpha value is -1.45. The first-order chi connectivity index (χ1) is 10.0. The molecule has 1 atom stereocenters. The van der Waals surface area contributed by atoms with Crippen LogP contribution in [0.25, 0.3) is 0 Å². The summed E-state index contributed by atoms with van der Waals surface area (Å²) in [5.74, 6) is 1.27. The average molecular weight is 324 g/mol. The molecule has 2 N–H and O–H groups in total. The van der Waals surface area contributed by atoms with Gasteiger partial charge in [0, 0.05) is 12.6 Å². The van der Waals surface area contributed by atoms with Crippen molar-refractivity contribution in [2.75, 3.05) is 17.2 Å². The molecule has 0 aliphatic heterocycles. The normalized spacial score (nSPS) is 12.0. The SMILES string of the molecule is CCNc1nc(NC(C)c2ccc(C)cc2)c(Cl)cc1Cl. The predicted octanol–water partition coefficient (Wildman–Crippen LogP) is 5.30. The largest absolute Gasteiger partial charge is 0.369 e. The van der Waals surface area contributed by atoms with Gasteiger partial charge in [-0.25, -0.2) is 4.98 Å². The van der Waals surface area contributed by atoms with Crippen molar-refractivity contribution in [3.8, 4) is 0 Å². The minimum atomic E-state index is 0.103. The Balaban J connectivity index is 2.22. The minimum Gasteiger partial charge on any atom is -0.369 e. The van der Waals surface area contributed by atoms with Crippen molar-refractivity contribution in [1.29, 1.82) is 0 Å². The number of aryl methyl sites for hydroxylation is 1. The summed E-state index contributed by atoms with van der Waals surface area (Å²) >= 11 is 12.3. The molecule has 5 heteroatoms. The molecule has 0 saturated heterocycles. The number of hydrogen-bond donors (Lipinski definition) is 2. The van der Waals surface area contributed by atoms with Crippen LogP contribution in [0.1, 0.15) is 31.0 Å². The third kappa shape index (κ3) is 4.02. The minimum absolute atomic E-state index is 0.103. The van der Waals surface area contributed by atoms with Crippen molar-refractivity contribution in [3.05, 3.63) is 51.5 Å². The van der Waals surface area contributed by atoms with E-state index < -0.39 is 0 Å². The number of rotatable bonds is 5. The van der Waals surface area contributed by atoms with Crippen molar-refractivity contribution in [2.45, 2.75) is 26.8 Å². The topological polar surface area (TPSA) is 37.0 Å². The van der Waals surface area contributed by atoms with Gasteiger partial charge >= 0.3 is 0 Å². The molecule has 112 valence electrons. The fourth-order valence-corrected chi connectivity index (χ4v) is 2.48. The van der Waals surface area contributed by atoms with Gasteiger partial charge in [0.05, 0.1) is 10.0 Å². The van der Waals surface area contributed by atoms with Crippen LogP contribution < -0.4 is 10.6 Å². The van der Waals surface area contributed by atoms with E-state index >= 15 is 0 Å². The molecule has 0 aliphatic carbocycles. The van der Waals surface area contributed by atoms with Crippen molar-refractivity contribution >= 4 is 34.8 Å². The molecule has 0 spiro atoms. The molecule has 1 aromatic carbocycles. The van der Waals surface area contributed by atoms with E-state index in [1.54, 1.807) is 6.07 Å². The molecular weight excluding hydrogens is 305 g/mol. The van der Waals surface area contributed by atoms with Crippen molar-refractivity contribution in [2.24, 2.45) is 0 Å². The lowest BCUT2D eigenvalue weighted by Gasteiger charge is -2.17. The van der Waals surface area contributed by atoms with Crippen LogP contribution in [0.3, 0.4) is 0 Å². The summed E-state index contributed by atoms with van der Waals surface area (Å²) in [6.07, 6.45) is 0. The first-order valence-electron chi connectivity index (χ1n) is 6.94. The van der Waals surface area contributed by atoms with Gasteiger partial charge in [0.15, 0.2) is 0 Å². The Morgan fingerprint density at radius 1 is 1.10 bits per heavy atom. The lowest BCUT2D eigenvalue weighted by Crippen LogP contribution is -2.10. The monoisotopic (exact) mass is 323 g/mol. The van der Waals surface area contributed by atoms with E-state index in [2.05, 4.69) is 53.7 Å². The van der Waals surface area contributed by atoms with E-state index in [1.165, 1.54) is 11.1 Å². The number of nitrogens with zero attached hydrogens (tertiary/aromatic N) is 1. The molecule has 21 heavy (non-hydrogen) atoms. The van der Waals surface area contributed by atoms with Gasteiger partial charge in [0.25, 0.3) is 0 Å². The second-order valence-corrected chi connectivity index (χ2v) is 5.77. The van der Waals surface area contributed by atoms with Crippen LogP contribution in [-0.4, -0.2) is 11.5 Å². The molecule has 0 saturated carbocycles. The van der Waals surface area contributed by atoms with Crippen LogP contribution in [0.5, 0.6) is 0 Å². The maximum atomic E-state index is 6.22. The molecule has 1 heterocycles. The highest BCUT2D eigenvalue weighted by molar-refractivity contribution is 6.37. The maximum Gasteiger partial charge on any atom is 0.147 e. The molecule has 2 rings (SSSR count). The number of hydrogen-bond acceptors (Lipinski definition) is 3. The van der Waals surface area contributed by atoms with Crippen LogP contribution >= 0.6 is 23.2 Å². The molecule has 1 unspecified atom stereocenters. The summed E-state index contributed by atoms with van der Waals surface area (Å²) in [7, 11) is 0. The Bertz CT molecular complexity index is 612. The molecule has 3 nitrogen and oxygen atoms in total. The fraction of sp³-hybridized carbons (Fsp3) is 0.312. The van der Waals surface area contributed by atoms with Crippen LogP contribution in [0.4, 0.5) is 11.6 Å². The van der Waals surface area contributed by atoms with E-state index in [9.17, 15) is 0 Å². The number of aromatic nitrogens is 1. The summed E-state index contributed by atoms with van der Waals surface area (Å²) < 4.78 is 0. The Morgan fingerprint density at radius 2 is 1.71 bits per heavy atom. The highest BCUT2D eigenvalue weighted by atomic mass is 35.5. The van der Waals surface area contributed by atoms with Gasteiger partial charge in [0.2, 0.25) is 0 Å². The standard InChI is InChI=1S/C16H19Cl2N3/c1-4-19-15-13(17)9-14(18)16(21-15)20-11(3)12-7-5-10(2)6-8-12/h5-9,11H,4H2,1-3H3,(H2,19,20,21). The summed E-state index contributed by atoms with van der Waals surface area (Å²) in [6.45, 7) is 6.89. The lowest BCUT2D eigenvalue weighted by atomic mass is 10.1. The number of halogens is 2. The van der Waals surface area contributed by atoms with Crippen LogP contribution in [0.15, 0.2) is 30.3 Å². The average Bonchev–Trinajstić information content (AvgIpc) is 2.45. The van der Waals surface area contributed by atoms with Gasteiger partial charge in [0.1, 0.15) is 11.6 Å². The van der Waals surface area contributed by atoms with Crippen LogP contribution in [0.2, 0.25) is 10.0 Å². The van der Waals surface area contributed by atoms with E-state index in [0.29, 0.717) is 21.7 Å². The van der Waals surface area contributed by atoms with Gasteiger partial charge in [-0.15, -0.1) is 0 Å². The van der Waals surface area contributed by atoms with Gasteiger partial charge in [-0.2, -0.15) is 0 Å². The Kier molecular flexibility index (Phi) is 5.32. The van der Waals surface area contributed by atoms with E-state index in [0.717, 1.165) is 6.54 Å². The number of nitrogens with one attached hydrogen (secondary N) is 2. The molecule has 2 aromatic rings.